The standard InChI is InChI=1S/C23H38O4/c1-7-21(24)26-20(15(2)3)10-8-9-16(4)22(25)27-23(5,6)19-14-17-11-12-18(19)13-17/h8,10,15-20H,7,9,11-14H2,1-6H3/b10-8-. The van der Waals surface area contributed by atoms with E-state index in [1.54, 1.807) is 6.92 Å². The monoisotopic (exact) mass is 378 g/mol. The second-order valence-electron chi connectivity index (χ2n) is 9.42. The molecule has 4 nitrogen and oxygen atoms in total. The number of rotatable bonds is 9. The van der Waals surface area contributed by atoms with Crippen LogP contribution in [0.3, 0.4) is 0 Å². The van der Waals surface area contributed by atoms with Gasteiger partial charge in [0.1, 0.15) is 11.7 Å². The van der Waals surface area contributed by atoms with Crippen LogP contribution in [0.15, 0.2) is 12.2 Å². The highest BCUT2D eigenvalue weighted by Gasteiger charge is 2.48. The molecule has 0 N–H and O–H groups in total. The largest absolute Gasteiger partial charge is 0.459 e. The summed E-state index contributed by atoms with van der Waals surface area (Å²) in [7, 11) is 0. The molecule has 27 heavy (non-hydrogen) atoms. The summed E-state index contributed by atoms with van der Waals surface area (Å²) in [5.74, 6) is 1.76. The molecule has 0 radical (unpaired) electrons. The Morgan fingerprint density at radius 3 is 2.37 bits per heavy atom. The summed E-state index contributed by atoms with van der Waals surface area (Å²) in [5.41, 5.74) is -0.383. The molecule has 2 bridgehead atoms. The summed E-state index contributed by atoms with van der Waals surface area (Å²) < 4.78 is 11.4. The molecule has 2 saturated carbocycles. The van der Waals surface area contributed by atoms with Crippen LogP contribution in [0.4, 0.5) is 0 Å². The molecule has 2 aliphatic carbocycles. The summed E-state index contributed by atoms with van der Waals surface area (Å²) in [4.78, 5) is 24.2. The highest BCUT2D eigenvalue weighted by Crippen LogP contribution is 2.53. The van der Waals surface area contributed by atoms with E-state index in [1.807, 2.05) is 32.9 Å². The van der Waals surface area contributed by atoms with E-state index in [9.17, 15) is 9.59 Å². The maximum Gasteiger partial charge on any atom is 0.309 e. The molecule has 5 unspecified atom stereocenters. The fraction of sp³-hybridized carbons (Fsp3) is 0.826. The number of carbonyl (C=O) groups excluding carboxylic acids is 2. The molecule has 154 valence electrons. The van der Waals surface area contributed by atoms with E-state index < -0.39 is 0 Å². The maximum atomic E-state index is 12.6. The number of fused-ring (bicyclic) bond motifs is 2. The average molecular weight is 379 g/mol. The van der Waals surface area contributed by atoms with Crippen LogP contribution in [0.5, 0.6) is 0 Å². The van der Waals surface area contributed by atoms with Gasteiger partial charge in [-0.1, -0.05) is 40.2 Å². The van der Waals surface area contributed by atoms with Crippen LogP contribution < -0.4 is 0 Å². The molecule has 2 rings (SSSR count). The Kier molecular flexibility index (Phi) is 7.53. The Balaban J connectivity index is 1.84. The van der Waals surface area contributed by atoms with E-state index in [0.717, 1.165) is 11.8 Å². The third-order valence-corrected chi connectivity index (χ3v) is 6.43. The summed E-state index contributed by atoms with van der Waals surface area (Å²) in [5, 5.41) is 0. The molecule has 0 amide bonds. The van der Waals surface area contributed by atoms with Crippen molar-refractivity contribution in [2.24, 2.45) is 29.6 Å². The van der Waals surface area contributed by atoms with Crippen LogP contribution in [0.25, 0.3) is 0 Å². The molecule has 0 aromatic heterocycles. The van der Waals surface area contributed by atoms with Crippen LogP contribution in [0.1, 0.15) is 80.1 Å². The Labute approximate surface area is 165 Å². The maximum absolute atomic E-state index is 12.6. The summed E-state index contributed by atoms with van der Waals surface area (Å²) in [6, 6.07) is 0. The Hall–Kier alpha value is -1.32. The van der Waals surface area contributed by atoms with Crippen LogP contribution in [-0.2, 0) is 19.1 Å². The fourth-order valence-electron chi connectivity index (χ4n) is 4.68. The van der Waals surface area contributed by atoms with Crippen molar-refractivity contribution < 1.29 is 19.1 Å². The molecule has 0 heterocycles. The predicted molar refractivity (Wildman–Crippen MR) is 107 cm³/mol. The van der Waals surface area contributed by atoms with E-state index >= 15 is 0 Å². The van der Waals surface area contributed by atoms with Crippen molar-refractivity contribution in [3.05, 3.63) is 12.2 Å². The number of carbonyl (C=O) groups is 2. The third kappa shape index (κ3) is 5.83. The molecule has 0 aromatic rings. The smallest absolute Gasteiger partial charge is 0.309 e. The fourth-order valence-corrected chi connectivity index (χ4v) is 4.68. The van der Waals surface area contributed by atoms with E-state index in [2.05, 4.69) is 13.8 Å². The molecule has 0 aromatic carbocycles. The minimum Gasteiger partial charge on any atom is -0.459 e. The van der Waals surface area contributed by atoms with Gasteiger partial charge < -0.3 is 9.47 Å². The van der Waals surface area contributed by atoms with Gasteiger partial charge in [0.15, 0.2) is 0 Å². The van der Waals surface area contributed by atoms with Gasteiger partial charge in [-0.05, 0) is 63.4 Å². The van der Waals surface area contributed by atoms with Gasteiger partial charge in [-0.2, -0.15) is 0 Å². The van der Waals surface area contributed by atoms with Crippen molar-refractivity contribution in [3.8, 4) is 0 Å². The number of esters is 2. The second kappa shape index (κ2) is 9.25. The summed E-state index contributed by atoms with van der Waals surface area (Å²) in [6.45, 7) is 11.9. The summed E-state index contributed by atoms with van der Waals surface area (Å²) >= 11 is 0. The predicted octanol–water partition coefficient (Wildman–Crippen LogP) is 5.30. The van der Waals surface area contributed by atoms with Gasteiger partial charge in [-0.15, -0.1) is 0 Å². The topological polar surface area (TPSA) is 52.6 Å². The first-order valence-corrected chi connectivity index (χ1v) is 10.7. The zero-order valence-corrected chi connectivity index (χ0v) is 18.0. The lowest BCUT2D eigenvalue weighted by atomic mass is 9.78. The Bertz CT molecular complexity index is 549. The first kappa shape index (κ1) is 22.0. The van der Waals surface area contributed by atoms with Gasteiger partial charge in [0.2, 0.25) is 0 Å². The quantitative estimate of drug-likeness (QED) is 0.403. The average Bonchev–Trinajstić information content (AvgIpc) is 3.23. The van der Waals surface area contributed by atoms with Gasteiger partial charge in [-0.3, -0.25) is 9.59 Å². The van der Waals surface area contributed by atoms with Crippen molar-refractivity contribution >= 4 is 11.9 Å². The van der Waals surface area contributed by atoms with E-state index in [0.29, 0.717) is 18.8 Å². The first-order valence-electron chi connectivity index (χ1n) is 10.7. The molecule has 2 fully saturated rings. The zero-order chi connectivity index (χ0) is 20.2. The van der Waals surface area contributed by atoms with Crippen molar-refractivity contribution in [3.63, 3.8) is 0 Å². The SMILES string of the molecule is CCC(=O)OC(/C=C\CC(C)C(=O)OC(C)(C)C1CC2CCC1C2)C(C)C. The molecular weight excluding hydrogens is 340 g/mol. The number of ether oxygens (including phenoxy) is 2. The molecule has 4 heteroatoms. The lowest BCUT2D eigenvalue weighted by Gasteiger charge is -2.37. The first-order chi connectivity index (χ1) is 12.6. The minimum absolute atomic E-state index is 0.126. The van der Waals surface area contributed by atoms with Gasteiger partial charge in [0.05, 0.1) is 5.92 Å². The van der Waals surface area contributed by atoms with Crippen LogP contribution >= 0.6 is 0 Å². The molecular formula is C23H38O4. The van der Waals surface area contributed by atoms with Gasteiger partial charge in [-0.25, -0.2) is 0 Å². The number of hydrogen-bond acceptors (Lipinski definition) is 4. The molecule has 5 atom stereocenters. The van der Waals surface area contributed by atoms with Crippen molar-refractivity contribution in [2.75, 3.05) is 0 Å². The van der Waals surface area contributed by atoms with Crippen molar-refractivity contribution in [2.45, 2.75) is 91.8 Å². The number of allylic oxidation sites excluding steroid dienone is 1. The molecule has 2 aliphatic rings. The van der Waals surface area contributed by atoms with Crippen LogP contribution in [-0.4, -0.2) is 23.6 Å². The van der Waals surface area contributed by atoms with E-state index in [1.165, 1.54) is 25.7 Å². The van der Waals surface area contributed by atoms with Crippen molar-refractivity contribution in [1.29, 1.82) is 0 Å². The van der Waals surface area contributed by atoms with E-state index in [-0.39, 0.29) is 35.5 Å². The second-order valence-corrected chi connectivity index (χ2v) is 9.42. The van der Waals surface area contributed by atoms with Gasteiger partial charge in [0.25, 0.3) is 0 Å². The third-order valence-electron chi connectivity index (χ3n) is 6.43. The minimum atomic E-state index is -0.383. The van der Waals surface area contributed by atoms with Crippen LogP contribution in [0, 0.1) is 29.6 Å². The lowest BCUT2D eigenvalue weighted by Crippen LogP contribution is -2.40. The van der Waals surface area contributed by atoms with Crippen molar-refractivity contribution in [1.82, 2.24) is 0 Å². The molecule has 0 saturated heterocycles. The Morgan fingerprint density at radius 2 is 1.85 bits per heavy atom. The normalized spacial score (nSPS) is 27.1. The Morgan fingerprint density at radius 1 is 1.15 bits per heavy atom. The lowest BCUT2D eigenvalue weighted by molar-refractivity contribution is -0.168. The van der Waals surface area contributed by atoms with E-state index in [4.69, 9.17) is 9.47 Å². The summed E-state index contributed by atoms with van der Waals surface area (Å²) in [6.07, 6.45) is 9.75. The highest BCUT2D eigenvalue weighted by molar-refractivity contribution is 5.72. The van der Waals surface area contributed by atoms with Gasteiger partial charge in [0, 0.05) is 12.3 Å². The highest BCUT2D eigenvalue weighted by atomic mass is 16.6. The van der Waals surface area contributed by atoms with Gasteiger partial charge >= 0.3 is 11.9 Å². The number of hydrogen-bond donors (Lipinski definition) is 0. The molecule has 0 spiro atoms. The molecule has 0 aliphatic heterocycles. The zero-order valence-electron chi connectivity index (χ0n) is 18.0. The van der Waals surface area contributed by atoms with Crippen LogP contribution in [0.2, 0.25) is 0 Å².